The first kappa shape index (κ1) is 13.3. The van der Waals surface area contributed by atoms with E-state index in [0.717, 1.165) is 19.5 Å². The van der Waals surface area contributed by atoms with Crippen molar-refractivity contribution in [3.05, 3.63) is 0 Å². The van der Waals surface area contributed by atoms with Crippen molar-refractivity contribution < 1.29 is 4.74 Å². The Morgan fingerprint density at radius 2 is 2.00 bits per heavy atom. The van der Waals surface area contributed by atoms with Crippen LogP contribution in [-0.4, -0.2) is 42.8 Å². The lowest BCUT2D eigenvalue weighted by atomic mass is 9.78. The predicted molar refractivity (Wildman–Crippen MR) is 71.1 cm³/mol. The summed E-state index contributed by atoms with van der Waals surface area (Å²) < 4.78 is 5.51. The first-order valence-electron chi connectivity index (χ1n) is 7.21. The summed E-state index contributed by atoms with van der Waals surface area (Å²) in [5, 5.41) is 0. The third-order valence-electron chi connectivity index (χ3n) is 4.93. The Hall–Kier alpha value is -0.120. The second-order valence-electron chi connectivity index (χ2n) is 5.91. The van der Waals surface area contributed by atoms with Crippen LogP contribution in [0, 0.1) is 0 Å². The van der Waals surface area contributed by atoms with Crippen LogP contribution in [-0.2, 0) is 4.74 Å². The molecule has 0 aromatic heterocycles. The molecular formula is C14H28N2O. The molecule has 2 fully saturated rings. The van der Waals surface area contributed by atoms with Crippen molar-refractivity contribution in [2.45, 2.75) is 69.6 Å². The predicted octanol–water partition coefficient (Wildman–Crippen LogP) is 2.15. The van der Waals surface area contributed by atoms with Crippen LogP contribution in [0.25, 0.3) is 0 Å². The fraction of sp³-hybridized carbons (Fsp3) is 1.00. The topological polar surface area (TPSA) is 38.5 Å². The van der Waals surface area contributed by atoms with Crippen molar-refractivity contribution in [1.82, 2.24) is 4.90 Å². The molecule has 1 heterocycles. The monoisotopic (exact) mass is 240 g/mol. The second kappa shape index (κ2) is 5.68. The van der Waals surface area contributed by atoms with Crippen LogP contribution in [0.1, 0.15) is 51.9 Å². The Morgan fingerprint density at radius 3 is 2.53 bits per heavy atom. The standard InChI is InChI=1S/C14H28N2O/c1-12-10-13(17-2)6-9-16(12)14(11-15)7-4-3-5-8-14/h12-13H,3-11,15H2,1-2H3. The van der Waals surface area contributed by atoms with Gasteiger partial charge in [-0.15, -0.1) is 0 Å². The normalized spacial score (nSPS) is 34.8. The summed E-state index contributed by atoms with van der Waals surface area (Å²) in [5.41, 5.74) is 6.43. The highest BCUT2D eigenvalue weighted by molar-refractivity contribution is 4.98. The quantitative estimate of drug-likeness (QED) is 0.821. The van der Waals surface area contributed by atoms with Gasteiger partial charge in [0.05, 0.1) is 6.10 Å². The number of rotatable bonds is 3. The fourth-order valence-corrected chi connectivity index (χ4v) is 3.87. The van der Waals surface area contributed by atoms with Gasteiger partial charge in [0.2, 0.25) is 0 Å². The zero-order chi connectivity index (χ0) is 12.3. The minimum absolute atomic E-state index is 0.302. The maximum Gasteiger partial charge on any atom is 0.0598 e. The molecule has 0 radical (unpaired) electrons. The van der Waals surface area contributed by atoms with Crippen LogP contribution in [0.2, 0.25) is 0 Å². The number of hydrogen-bond donors (Lipinski definition) is 1. The molecule has 2 aliphatic rings. The Bertz CT molecular complexity index is 238. The highest BCUT2D eigenvalue weighted by Crippen LogP contribution is 2.37. The van der Waals surface area contributed by atoms with Gasteiger partial charge in [-0.2, -0.15) is 0 Å². The summed E-state index contributed by atoms with van der Waals surface area (Å²) in [4.78, 5) is 2.70. The van der Waals surface area contributed by atoms with E-state index in [0.29, 0.717) is 17.7 Å². The Balaban J connectivity index is 2.04. The van der Waals surface area contributed by atoms with E-state index in [9.17, 15) is 0 Å². The van der Waals surface area contributed by atoms with Crippen molar-refractivity contribution in [1.29, 1.82) is 0 Å². The van der Waals surface area contributed by atoms with E-state index in [2.05, 4.69) is 11.8 Å². The number of piperidine rings is 1. The lowest BCUT2D eigenvalue weighted by molar-refractivity contribution is -0.0463. The van der Waals surface area contributed by atoms with Gasteiger partial charge in [-0.3, -0.25) is 4.90 Å². The summed E-state index contributed by atoms with van der Waals surface area (Å²) in [6.07, 6.45) is 9.49. The SMILES string of the molecule is COC1CCN(C2(CN)CCCCC2)C(C)C1. The summed E-state index contributed by atoms with van der Waals surface area (Å²) >= 11 is 0. The van der Waals surface area contributed by atoms with Crippen molar-refractivity contribution in [3.8, 4) is 0 Å². The fourth-order valence-electron chi connectivity index (χ4n) is 3.87. The first-order valence-corrected chi connectivity index (χ1v) is 7.21. The highest BCUT2D eigenvalue weighted by Gasteiger charge is 2.41. The molecule has 17 heavy (non-hydrogen) atoms. The van der Waals surface area contributed by atoms with Crippen molar-refractivity contribution in [2.24, 2.45) is 5.73 Å². The molecule has 3 heteroatoms. The molecule has 0 spiro atoms. The van der Waals surface area contributed by atoms with Crippen LogP contribution in [0.3, 0.4) is 0 Å². The van der Waals surface area contributed by atoms with E-state index in [1.807, 2.05) is 7.11 Å². The van der Waals surface area contributed by atoms with Gasteiger partial charge in [0, 0.05) is 31.8 Å². The number of ether oxygens (including phenoxy) is 1. The van der Waals surface area contributed by atoms with Crippen LogP contribution in [0.15, 0.2) is 0 Å². The summed E-state index contributed by atoms with van der Waals surface area (Å²) in [5.74, 6) is 0. The van der Waals surface area contributed by atoms with Gasteiger partial charge in [0.25, 0.3) is 0 Å². The minimum Gasteiger partial charge on any atom is -0.381 e. The van der Waals surface area contributed by atoms with Gasteiger partial charge in [-0.25, -0.2) is 0 Å². The van der Waals surface area contributed by atoms with Crippen molar-refractivity contribution >= 4 is 0 Å². The van der Waals surface area contributed by atoms with Crippen LogP contribution >= 0.6 is 0 Å². The second-order valence-corrected chi connectivity index (χ2v) is 5.91. The summed E-state index contributed by atoms with van der Waals surface area (Å²) in [6.45, 7) is 4.34. The number of nitrogens with two attached hydrogens (primary N) is 1. The molecule has 1 saturated heterocycles. The molecule has 0 amide bonds. The van der Waals surface area contributed by atoms with Crippen LogP contribution in [0.5, 0.6) is 0 Å². The van der Waals surface area contributed by atoms with Gasteiger partial charge in [0.15, 0.2) is 0 Å². The van der Waals surface area contributed by atoms with Gasteiger partial charge in [0.1, 0.15) is 0 Å². The molecule has 0 aromatic rings. The Kier molecular flexibility index (Phi) is 4.45. The third-order valence-corrected chi connectivity index (χ3v) is 4.93. The molecule has 1 saturated carbocycles. The van der Waals surface area contributed by atoms with E-state index in [1.54, 1.807) is 0 Å². The summed E-state index contributed by atoms with van der Waals surface area (Å²) in [6, 6.07) is 0.621. The molecule has 100 valence electrons. The molecule has 1 aliphatic carbocycles. The molecule has 3 nitrogen and oxygen atoms in total. The number of methoxy groups -OCH3 is 1. The minimum atomic E-state index is 0.302. The van der Waals surface area contributed by atoms with Crippen LogP contribution < -0.4 is 5.73 Å². The molecular weight excluding hydrogens is 212 g/mol. The number of likely N-dealkylation sites (tertiary alicyclic amines) is 1. The van der Waals surface area contributed by atoms with Gasteiger partial charge in [-0.05, 0) is 32.6 Å². The van der Waals surface area contributed by atoms with Gasteiger partial charge in [-0.1, -0.05) is 19.3 Å². The third kappa shape index (κ3) is 2.67. The van der Waals surface area contributed by atoms with E-state index in [1.165, 1.54) is 38.5 Å². The van der Waals surface area contributed by atoms with E-state index >= 15 is 0 Å². The average molecular weight is 240 g/mol. The molecule has 2 atom stereocenters. The van der Waals surface area contributed by atoms with E-state index in [4.69, 9.17) is 10.5 Å². The van der Waals surface area contributed by atoms with E-state index < -0.39 is 0 Å². The number of nitrogens with zero attached hydrogens (tertiary/aromatic N) is 1. The smallest absolute Gasteiger partial charge is 0.0598 e. The molecule has 0 aromatic carbocycles. The maximum atomic E-state index is 6.13. The largest absolute Gasteiger partial charge is 0.381 e. The lowest BCUT2D eigenvalue weighted by Crippen LogP contribution is -2.60. The maximum absolute atomic E-state index is 6.13. The average Bonchev–Trinajstić information content (AvgIpc) is 2.39. The molecule has 2 N–H and O–H groups in total. The van der Waals surface area contributed by atoms with Gasteiger partial charge < -0.3 is 10.5 Å². The van der Waals surface area contributed by atoms with E-state index in [-0.39, 0.29) is 0 Å². The zero-order valence-corrected chi connectivity index (χ0v) is 11.5. The van der Waals surface area contributed by atoms with Crippen molar-refractivity contribution in [3.63, 3.8) is 0 Å². The molecule has 2 unspecified atom stereocenters. The Morgan fingerprint density at radius 1 is 1.29 bits per heavy atom. The lowest BCUT2D eigenvalue weighted by Gasteiger charge is -2.51. The first-order chi connectivity index (χ1) is 8.22. The zero-order valence-electron chi connectivity index (χ0n) is 11.5. The van der Waals surface area contributed by atoms with Gasteiger partial charge >= 0.3 is 0 Å². The van der Waals surface area contributed by atoms with Crippen molar-refractivity contribution in [2.75, 3.05) is 20.2 Å². The Labute approximate surface area is 106 Å². The molecule has 2 rings (SSSR count). The summed E-state index contributed by atoms with van der Waals surface area (Å²) in [7, 11) is 1.84. The molecule has 0 bridgehead atoms. The molecule has 1 aliphatic heterocycles. The van der Waals surface area contributed by atoms with Crippen LogP contribution in [0.4, 0.5) is 0 Å². The highest BCUT2D eigenvalue weighted by atomic mass is 16.5. The number of hydrogen-bond acceptors (Lipinski definition) is 3.